The first-order valence-electron chi connectivity index (χ1n) is 4.55. The maximum atomic E-state index is 11.3. The van der Waals surface area contributed by atoms with Gasteiger partial charge in [0.25, 0.3) is 5.56 Å². The van der Waals surface area contributed by atoms with Crippen LogP contribution in [0.25, 0.3) is 0 Å². The molecule has 0 aliphatic carbocycles. The van der Waals surface area contributed by atoms with E-state index in [1.165, 1.54) is 10.8 Å². The average Bonchev–Trinajstić information content (AvgIpc) is 2.17. The highest BCUT2D eigenvalue weighted by Gasteiger charge is 2.07. The number of aliphatic hydroxyl groups excluding tert-OH is 1. The third kappa shape index (κ3) is 1.93. The first-order chi connectivity index (χ1) is 6.60. The van der Waals surface area contributed by atoms with Crippen molar-refractivity contribution in [2.75, 3.05) is 0 Å². The molecule has 1 aromatic heterocycles. The molecule has 0 bridgehead atoms. The molecule has 0 aliphatic heterocycles. The summed E-state index contributed by atoms with van der Waals surface area (Å²) >= 11 is 0. The maximum absolute atomic E-state index is 11.3. The Bertz CT molecular complexity index is 419. The van der Waals surface area contributed by atoms with Gasteiger partial charge in [-0.15, -0.1) is 0 Å². The number of aromatic nitrogens is 2. The van der Waals surface area contributed by atoms with Crippen LogP contribution in [0.4, 0.5) is 0 Å². The number of nitrogens with zero attached hydrogens (tertiary/aromatic N) is 1. The van der Waals surface area contributed by atoms with Gasteiger partial charge >= 0.3 is 5.69 Å². The molecule has 0 saturated carbocycles. The number of hydrogen-bond donors (Lipinski definition) is 2. The second kappa shape index (κ2) is 4.23. The minimum atomic E-state index is -0.517. The lowest BCUT2D eigenvalue weighted by Gasteiger charge is -2.12. The fraction of sp³-hybridized carbons (Fsp3) is 0.556. The van der Waals surface area contributed by atoms with E-state index in [0.29, 0.717) is 0 Å². The quantitative estimate of drug-likeness (QED) is 0.717. The first-order valence-corrected chi connectivity index (χ1v) is 4.55. The molecule has 78 valence electrons. The number of rotatable bonds is 3. The summed E-state index contributed by atoms with van der Waals surface area (Å²) in [4.78, 5) is 24.6. The van der Waals surface area contributed by atoms with Gasteiger partial charge in [-0.1, -0.05) is 6.92 Å². The van der Waals surface area contributed by atoms with Gasteiger partial charge in [-0.25, -0.2) is 4.79 Å². The average molecular weight is 198 g/mol. The monoisotopic (exact) mass is 198 g/mol. The van der Waals surface area contributed by atoms with Gasteiger partial charge in [-0.3, -0.25) is 14.3 Å². The SMILES string of the molecule is CCC(C)n1cc(CO)c(=O)[nH]c1=O. The van der Waals surface area contributed by atoms with Crippen LogP contribution in [0.2, 0.25) is 0 Å². The normalized spacial score (nSPS) is 12.8. The lowest BCUT2D eigenvalue weighted by Crippen LogP contribution is -2.33. The molecule has 0 radical (unpaired) electrons. The molecule has 1 unspecified atom stereocenters. The molecule has 0 aromatic carbocycles. The fourth-order valence-electron chi connectivity index (χ4n) is 1.16. The number of hydrogen-bond acceptors (Lipinski definition) is 3. The van der Waals surface area contributed by atoms with E-state index in [-0.39, 0.29) is 18.2 Å². The molecule has 1 rings (SSSR count). The fourth-order valence-corrected chi connectivity index (χ4v) is 1.16. The van der Waals surface area contributed by atoms with Crippen molar-refractivity contribution in [2.24, 2.45) is 0 Å². The molecule has 0 amide bonds. The molecule has 0 aliphatic rings. The number of H-pyrrole nitrogens is 1. The number of aliphatic hydroxyl groups is 1. The van der Waals surface area contributed by atoms with Crippen LogP contribution < -0.4 is 11.2 Å². The minimum Gasteiger partial charge on any atom is -0.391 e. The lowest BCUT2D eigenvalue weighted by molar-refractivity contribution is 0.277. The van der Waals surface area contributed by atoms with Gasteiger partial charge in [0.2, 0.25) is 0 Å². The summed E-state index contributed by atoms with van der Waals surface area (Å²) in [6, 6.07) is 0.0182. The molecular weight excluding hydrogens is 184 g/mol. The summed E-state index contributed by atoms with van der Waals surface area (Å²) in [7, 11) is 0. The molecule has 2 N–H and O–H groups in total. The van der Waals surface area contributed by atoms with E-state index >= 15 is 0 Å². The van der Waals surface area contributed by atoms with Crippen molar-refractivity contribution in [1.82, 2.24) is 9.55 Å². The van der Waals surface area contributed by atoms with E-state index in [2.05, 4.69) is 4.98 Å². The van der Waals surface area contributed by atoms with Gasteiger partial charge < -0.3 is 5.11 Å². The molecule has 0 saturated heterocycles. The zero-order chi connectivity index (χ0) is 10.7. The summed E-state index contributed by atoms with van der Waals surface area (Å²) in [6.07, 6.45) is 2.20. The van der Waals surface area contributed by atoms with Crippen molar-refractivity contribution < 1.29 is 5.11 Å². The molecule has 1 aromatic rings. The Kier molecular flexibility index (Phi) is 3.24. The van der Waals surface area contributed by atoms with Crippen LogP contribution in [0.3, 0.4) is 0 Å². The van der Waals surface area contributed by atoms with Crippen LogP contribution in [0.5, 0.6) is 0 Å². The Labute approximate surface area is 81.0 Å². The van der Waals surface area contributed by atoms with Crippen LogP contribution in [-0.4, -0.2) is 14.7 Å². The summed E-state index contributed by atoms with van der Waals surface area (Å²) < 4.78 is 1.42. The van der Waals surface area contributed by atoms with E-state index in [4.69, 9.17) is 5.11 Å². The standard InChI is InChI=1S/C9H14N2O3/c1-3-6(2)11-4-7(5-12)8(13)10-9(11)14/h4,6,12H,3,5H2,1-2H3,(H,10,13,14). The Hall–Kier alpha value is -1.36. The highest BCUT2D eigenvalue weighted by atomic mass is 16.3. The number of aromatic amines is 1. The van der Waals surface area contributed by atoms with E-state index in [1.807, 2.05) is 13.8 Å². The van der Waals surface area contributed by atoms with Crippen LogP contribution in [0.15, 0.2) is 15.8 Å². The second-order valence-corrected chi connectivity index (χ2v) is 3.24. The van der Waals surface area contributed by atoms with Crippen molar-refractivity contribution in [2.45, 2.75) is 32.9 Å². The Balaban J connectivity index is 3.31. The molecule has 5 nitrogen and oxygen atoms in total. The summed E-state index contributed by atoms with van der Waals surface area (Å²) in [5.41, 5.74) is -0.733. The highest BCUT2D eigenvalue weighted by molar-refractivity contribution is 5.03. The second-order valence-electron chi connectivity index (χ2n) is 3.24. The van der Waals surface area contributed by atoms with Crippen molar-refractivity contribution in [3.63, 3.8) is 0 Å². The Morgan fingerprint density at radius 2 is 2.21 bits per heavy atom. The summed E-state index contributed by atoms with van der Waals surface area (Å²) in [6.45, 7) is 3.47. The summed E-state index contributed by atoms with van der Waals surface area (Å²) in [5, 5.41) is 8.85. The third-order valence-electron chi connectivity index (χ3n) is 2.28. The molecule has 5 heteroatoms. The lowest BCUT2D eigenvalue weighted by atomic mass is 10.2. The highest BCUT2D eigenvalue weighted by Crippen LogP contribution is 2.05. The van der Waals surface area contributed by atoms with Crippen molar-refractivity contribution in [3.05, 3.63) is 32.6 Å². The smallest absolute Gasteiger partial charge is 0.328 e. The molecule has 0 fully saturated rings. The topological polar surface area (TPSA) is 75.1 Å². The third-order valence-corrected chi connectivity index (χ3v) is 2.28. The van der Waals surface area contributed by atoms with Gasteiger partial charge in [0, 0.05) is 12.2 Å². The van der Waals surface area contributed by atoms with Gasteiger partial charge in [-0.2, -0.15) is 0 Å². The predicted molar refractivity (Wildman–Crippen MR) is 52.2 cm³/mol. The predicted octanol–water partition coefficient (Wildman–Crippen LogP) is -0.0001000. The van der Waals surface area contributed by atoms with Gasteiger partial charge in [0.05, 0.1) is 12.2 Å². The zero-order valence-corrected chi connectivity index (χ0v) is 8.28. The zero-order valence-electron chi connectivity index (χ0n) is 8.28. The maximum Gasteiger partial charge on any atom is 0.328 e. The van der Waals surface area contributed by atoms with Crippen LogP contribution in [-0.2, 0) is 6.61 Å². The van der Waals surface area contributed by atoms with Gasteiger partial charge in [-0.05, 0) is 13.3 Å². The van der Waals surface area contributed by atoms with Gasteiger partial charge in [0.15, 0.2) is 0 Å². The van der Waals surface area contributed by atoms with Crippen molar-refractivity contribution >= 4 is 0 Å². The minimum absolute atomic E-state index is 0.0182. The van der Waals surface area contributed by atoms with E-state index < -0.39 is 11.2 Å². The van der Waals surface area contributed by atoms with Crippen LogP contribution >= 0.6 is 0 Å². The van der Waals surface area contributed by atoms with E-state index in [9.17, 15) is 9.59 Å². The van der Waals surface area contributed by atoms with E-state index in [1.54, 1.807) is 0 Å². The molecule has 14 heavy (non-hydrogen) atoms. The van der Waals surface area contributed by atoms with Crippen LogP contribution in [0.1, 0.15) is 31.9 Å². The van der Waals surface area contributed by atoms with Crippen molar-refractivity contribution in [3.8, 4) is 0 Å². The first kappa shape index (κ1) is 10.7. The van der Waals surface area contributed by atoms with Crippen LogP contribution in [0, 0.1) is 0 Å². The van der Waals surface area contributed by atoms with Crippen molar-refractivity contribution in [1.29, 1.82) is 0 Å². The molecule has 0 spiro atoms. The van der Waals surface area contributed by atoms with E-state index in [0.717, 1.165) is 6.42 Å². The summed E-state index contributed by atoms with van der Waals surface area (Å²) in [5.74, 6) is 0. The largest absolute Gasteiger partial charge is 0.391 e. The molecule has 1 heterocycles. The molecule has 1 atom stereocenters. The Morgan fingerprint density at radius 1 is 1.57 bits per heavy atom. The molecular formula is C9H14N2O3. The Morgan fingerprint density at radius 3 is 2.71 bits per heavy atom. The number of nitrogens with one attached hydrogen (secondary N) is 1. The van der Waals surface area contributed by atoms with Gasteiger partial charge in [0.1, 0.15) is 0 Å².